The van der Waals surface area contributed by atoms with Crippen molar-refractivity contribution >= 4 is 0 Å². The van der Waals surface area contributed by atoms with Crippen molar-refractivity contribution in [2.45, 2.75) is 25.8 Å². The Bertz CT molecular complexity index is 616. The number of ether oxygens (including phenoxy) is 1. The molecule has 2 heteroatoms. The summed E-state index contributed by atoms with van der Waals surface area (Å²) in [4.78, 5) is 0. The molecule has 3 rings (SSSR count). The highest BCUT2D eigenvalue weighted by molar-refractivity contribution is 5.47. The summed E-state index contributed by atoms with van der Waals surface area (Å²) >= 11 is 0. The van der Waals surface area contributed by atoms with Gasteiger partial charge in [0.15, 0.2) is 0 Å². The third-order valence-corrected chi connectivity index (χ3v) is 3.99. The molecule has 19 heavy (non-hydrogen) atoms. The van der Waals surface area contributed by atoms with Crippen molar-refractivity contribution in [1.29, 1.82) is 0 Å². The standard InChI is InChI=1S/C17H19NO/c1-12-5-3-4-6-15(12)17(2,18)14-7-8-16-13(11-14)9-10-19-16/h3-8,11H,9-10,18H2,1-2H3. The molecule has 0 spiro atoms. The van der Waals surface area contributed by atoms with Crippen LogP contribution in [0.3, 0.4) is 0 Å². The second-order valence-corrected chi connectivity index (χ2v) is 5.44. The van der Waals surface area contributed by atoms with E-state index in [4.69, 9.17) is 10.5 Å². The van der Waals surface area contributed by atoms with Crippen molar-refractivity contribution in [3.05, 3.63) is 64.7 Å². The minimum absolute atomic E-state index is 0.469. The number of hydrogen-bond acceptors (Lipinski definition) is 2. The Hall–Kier alpha value is -1.80. The average molecular weight is 253 g/mol. The van der Waals surface area contributed by atoms with E-state index in [1.54, 1.807) is 0 Å². The highest BCUT2D eigenvalue weighted by Crippen LogP contribution is 2.33. The smallest absolute Gasteiger partial charge is 0.122 e. The molecule has 0 amide bonds. The number of benzene rings is 2. The summed E-state index contributed by atoms with van der Waals surface area (Å²) < 4.78 is 5.55. The minimum Gasteiger partial charge on any atom is -0.493 e. The van der Waals surface area contributed by atoms with E-state index < -0.39 is 5.54 Å². The van der Waals surface area contributed by atoms with Gasteiger partial charge in [-0.3, -0.25) is 0 Å². The molecule has 1 atom stereocenters. The molecule has 1 aliphatic rings. The van der Waals surface area contributed by atoms with Gasteiger partial charge in [0.1, 0.15) is 5.75 Å². The SMILES string of the molecule is Cc1ccccc1C(C)(N)c1ccc2c(c1)CCO2. The first-order chi connectivity index (χ1) is 9.09. The zero-order valence-corrected chi connectivity index (χ0v) is 11.4. The first-order valence-corrected chi connectivity index (χ1v) is 6.70. The summed E-state index contributed by atoms with van der Waals surface area (Å²) in [6.45, 7) is 4.97. The van der Waals surface area contributed by atoms with Gasteiger partial charge in [-0.15, -0.1) is 0 Å². The van der Waals surface area contributed by atoms with Gasteiger partial charge in [0, 0.05) is 6.42 Å². The molecule has 0 saturated heterocycles. The fourth-order valence-corrected chi connectivity index (χ4v) is 2.82. The lowest BCUT2D eigenvalue weighted by atomic mass is 9.82. The van der Waals surface area contributed by atoms with Crippen molar-refractivity contribution in [3.8, 4) is 5.75 Å². The Morgan fingerprint density at radius 1 is 1.16 bits per heavy atom. The van der Waals surface area contributed by atoms with Crippen LogP contribution in [0.2, 0.25) is 0 Å². The topological polar surface area (TPSA) is 35.2 Å². The molecule has 0 saturated carbocycles. The van der Waals surface area contributed by atoms with E-state index in [1.165, 1.54) is 16.7 Å². The third kappa shape index (κ3) is 2.02. The summed E-state index contributed by atoms with van der Waals surface area (Å²) in [5, 5.41) is 0. The molecule has 98 valence electrons. The predicted molar refractivity (Wildman–Crippen MR) is 77.5 cm³/mol. The van der Waals surface area contributed by atoms with Crippen LogP contribution in [-0.2, 0) is 12.0 Å². The second kappa shape index (κ2) is 4.39. The van der Waals surface area contributed by atoms with Gasteiger partial charge < -0.3 is 10.5 Å². The van der Waals surface area contributed by atoms with E-state index in [1.807, 2.05) is 18.2 Å². The molecule has 0 fully saturated rings. The first-order valence-electron chi connectivity index (χ1n) is 6.70. The zero-order valence-electron chi connectivity index (χ0n) is 11.4. The molecule has 0 aliphatic carbocycles. The van der Waals surface area contributed by atoms with Crippen molar-refractivity contribution < 1.29 is 4.74 Å². The van der Waals surface area contributed by atoms with Crippen molar-refractivity contribution in [1.82, 2.24) is 0 Å². The van der Waals surface area contributed by atoms with Gasteiger partial charge in [-0.25, -0.2) is 0 Å². The summed E-state index contributed by atoms with van der Waals surface area (Å²) in [5.41, 5.74) is 11.0. The molecule has 0 aromatic heterocycles. The lowest BCUT2D eigenvalue weighted by Crippen LogP contribution is -2.35. The van der Waals surface area contributed by atoms with Crippen molar-refractivity contribution in [2.24, 2.45) is 5.73 Å². The van der Waals surface area contributed by atoms with Crippen LogP contribution >= 0.6 is 0 Å². The molecular formula is C17H19NO. The Labute approximate surface area is 114 Å². The summed E-state index contributed by atoms with van der Waals surface area (Å²) in [6, 6.07) is 14.6. The minimum atomic E-state index is -0.469. The third-order valence-electron chi connectivity index (χ3n) is 3.99. The molecule has 2 aromatic carbocycles. The Morgan fingerprint density at radius 2 is 1.95 bits per heavy atom. The molecular weight excluding hydrogens is 234 g/mol. The highest BCUT2D eigenvalue weighted by atomic mass is 16.5. The maximum Gasteiger partial charge on any atom is 0.122 e. The van der Waals surface area contributed by atoms with Gasteiger partial charge in [0.2, 0.25) is 0 Å². The number of hydrogen-bond donors (Lipinski definition) is 1. The lowest BCUT2D eigenvalue weighted by Gasteiger charge is -2.28. The molecule has 1 unspecified atom stereocenters. The molecule has 0 radical (unpaired) electrons. The van der Waals surface area contributed by atoms with Gasteiger partial charge in [-0.05, 0) is 48.2 Å². The summed E-state index contributed by atoms with van der Waals surface area (Å²) in [6.07, 6.45) is 0.979. The van der Waals surface area contributed by atoms with Crippen LogP contribution in [0.25, 0.3) is 0 Å². The summed E-state index contributed by atoms with van der Waals surface area (Å²) in [7, 11) is 0. The maximum atomic E-state index is 6.61. The quantitative estimate of drug-likeness (QED) is 0.892. The molecule has 1 aliphatic heterocycles. The number of fused-ring (bicyclic) bond motifs is 1. The van der Waals surface area contributed by atoms with Crippen LogP contribution in [0.4, 0.5) is 0 Å². The molecule has 0 bridgehead atoms. The summed E-state index contributed by atoms with van der Waals surface area (Å²) in [5.74, 6) is 1.00. The van der Waals surface area contributed by atoms with Crippen LogP contribution in [0.15, 0.2) is 42.5 Å². The van der Waals surface area contributed by atoms with Crippen LogP contribution in [0, 0.1) is 6.92 Å². The Balaban J connectivity index is 2.07. The highest BCUT2D eigenvalue weighted by Gasteiger charge is 2.26. The van der Waals surface area contributed by atoms with Crippen molar-refractivity contribution in [3.63, 3.8) is 0 Å². The van der Waals surface area contributed by atoms with E-state index in [0.29, 0.717) is 0 Å². The van der Waals surface area contributed by atoms with Gasteiger partial charge in [-0.1, -0.05) is 30.3 Å². The molecule has 2 nitrogen and oxygen atoms in total. The van der Waals surface area contributed by atoms with E-state index in [9.17, 15) is 0 Å². The van der Waals surface area contributed by atoms with Crippen LogP contribution < -0.4 is 10.5 Å². The van der Waals surface area contributed by atoms with Crippen LogP contribution in [-0.4, -0.2) is 6.61 Å². The molecule has 2 aromatic rings. The number of nitrogens with two attached hydrogens (primary N) is 1. The fourth-order valence-electron chi connectivity index (χ4n) is 2.82. The fraction of sp³-hybridized carbons (Fsp3) is 0.294. The van der Waals surface area contributed by atoms with Gasteiger partial charge in [0.05, 0.1) is 12.1 Å². The van der Waals surface area contributed by atoms with Crippen LogP contribution in [0.5, 0.6) is 5.75 Å². The van der Waals surface area contributed by atoms with E-state index in [-0.39, 0.29) is 0 Å². The van der Waals surface area contributed by atoms with Crippen molar-refractivity contribution in [2.75, 3.05) is 6.61 Å². The van der Waals surface area contributed by atoms with Gasteiger partial charge in [-0.2, -0.15) is 0 Å². The van der Waals surface area contributed by atoms with Crippen LogP contribution in [0.1, 0.15) is 29.2 Å². The normalized spacial score (nSPS) is 16.6. The molecule has 1 heterocycles. The van der Waals surface area contributed by atoms with Gasteiger partial charge in [0.25, 0.3) is 0 Å². The van der Waals surface area contributed by atoms with Gasteiger partial charge >= 0.3 is 0 Å². The van der Waals surface area contributed by atoms with E-state index >= 15 is 0 Å². The lowest BCUT2D eigenvalue weighted by molar-refractivity contribution is 0.356. The van der Waals surface area contributed by atoms with E-state index in [0.717, 1.165) is 24.3 Å². The number of rotatable bonds is 2. The zero-order chi connectivity index (χ0) is 13.5. The first kappa shape index (κ1) is 12.2. The molecule has 2 N–H and O–H groups in total. The van der Waals surface area contributed by atoms with E-state index in [2.05, 4.69) is 38.1 Å². The Kier molecular flexibility index (Phi) is 2.83. The maximum absolute atomic E-state index is 6.61. The monoisotopic (exact) mass is 253 g/mol. The second-order valence-electron chi connectivity index (χ2n) is 5.44. The predicted octanol–water partition coefficient (Wildman–Crippen LogP) is 3.15. The largest absolute Gasteiger partial charge is 0.493 e. The Morgan fingerprint density at radius 3 is 2.74 bits per heavy atom. The number of aryl methyl sites for hydroxylation is 1. The average Bonchev–Trinajstić information content (AvgIpc) is 2.86.